The van der Waals surface area contributed by atoms with E-state index in [0.29, 0.717) is 0 Å². The maximum Gasteiger partial charge on any atom is 0.234 e. The standard InChI is InChI=1S/C9H19N3O/c1-2-8(9(11)13)12-5-3-4-7(10)6-12/h7-8H,2-6,10H2,1H3,(H2,11,13). The SMILES string of the molecule is CCC(C(N)=O)N1CCCC(N)C1. The van der Waals surface area contributed by atoms with Gasteiger partial charge in [-0.15, -0.1) is 0 Å². The molecule has 0 radical (unpaired) electrons. The maximum absolute atomic E-state index is 11.1. The molecule has 0 aromatic heterocycles. The van der Waals surface area contributed by atoms with Crippen molar-refractivity contribution in [3.63, 3.8) is 0 Å². The largest absolute Gasteiger partial charge is 0.368 e. The number of nitrogens with zero attached hydrogens (tertiary/aromatic N) is 1. The van der Waals surface area contributed by atoms with E-state index in [-0.39, 0.29) is 18.0 Å². The van der Waals surface area contributed by atoms with Gasteiger partial charge in [-0.05, 0) is 25.8 Å². The Kier molecular flexibility index (Phi) is 3.69. The second-order valence-corrected chi connectivity index (χ2v) is 3.72. The lowest BCUT2D eigenvalue weighted by atomic mass is 10.0. The van der Waals surface area contributed by atoms with Gasteiger partial charge in [-0.3, -0.25) is 9.69 Å². The summed E-state index contributed by atoms with van der Waals surface area (Å²) in [7, 11) is 0. The number of primary amides is 1. The highest BCUT2D eigenvalue weighted by Crippen LogP contribution is 2.13. The Morgan fingerprint density at radius 3 is 2.85 bits per heavy atom. The average molecular weight is 185 g/mol. The van der Waals surface area contributed by atoms with E-state index in [2.05, 4.69) is 4.90 Å². The van der Waals surface area contributed by atoms with Gasteiger partial charge in [0.05, 0.1) is 6.04 Å². The second-order valence-electron chi connectivity index (χ2n) is 3.72. The molecule has 1 amide bonds. The van der Waals surface area contributed by atoms with Gasteiger partial charge in [0.2, 0.25) is 5.91 Å². The minimum Gasteiger partial charge on any atom is -0.368 e. The Labute approximate surface area is 79.3 Å². The van der Waals surface area contributed by atoms with Gasteiger partial charge < -0.3 is 11.5 Å². The number of hydrogen-bond acceptors (Lipinski definition) is 3. The molecule has 0 aromatic rings. The van der Waals surface area contributed by atoms with Crippen molar-refractivity contribution < 1.29 is 4.79 Å². The molecule has 1 saturated heterocycles. The van der Waals surface area contributed by atoms with E-state index in [1.807, 2.05) is 6.92 Å². The van der Waals surface area contributed by atoms with Crippen molar-refractivity contribution in [3.05, 3.63) is 0 Å². The van der Waals surface area contributed by atoms with Crippen LogP contribution < -0.4 is 11.5 Å². The number of amides is 1. The number of piperidine rings is 1. The van der Waals surface area contributed by atoms with E-state index < -0.39 is 0 Å². The molecular weight excluding hydrogens is 166 g/mol. The predicted octanol–water partition coefficient (Wildman–Crippen LogP) is -0.327. The molecule has 4 N–H and O–H groups in total. The highest BCUT2D eigenvalue weighted by Gasteiger charge is 2.26. The van der Waals surface area contributed by atoms with Crippen molar-refractivity contribution in [2.45, 2.75) is 38.3 Å². The Hall–Kier alpha value is -0.610. The van der Waals surface area contributed by atoms with Gasteiger partial charge in [-0.1, -0.05) is 6.92 Å². The van der Waals surface area contributed by atoms with E-state index in [0.717, 1.165) is 32.4 Å². The zero-order valence-corrected chi connectivity index (χ0v) is 8.20. The molecule has 1 aliphatic rings. The van der Waals surface area contributed by atoms with Gasteiger partial charge in [-0.25, -0.2) is 0 Å². The van der Waals surface area contributed by atoms with Crippen molar-refractivity contribution in [1.29, 1.82) is 0 Å². The van der Waals surface area contributed by atoms with Crippen LogP contribution in [0.4, 0.5) is 0 Å². The normalized spacial score (nSPS) is 27.1. The third-order valence-electron chi connectivity index (χ3n) is 2.65. The molecule has 2 atom stereocenters. The molecule has 0 spiro atoms. The molecule has 1 fully saturated rings. The zero-order valence-electron chi connectivity index (χ0n) is 8.20. The molecule has 0 aromatic carbocycles. The molecule has 13 heavy (non-hydrogen) atoms. The maximum atomic E-state index is 11.1. The van der Waals surface area contributed by atoms with Gasteiger partial charge in [0, 0.05) is 12.6 Å². The fourth-order valence-electron chi connectivity index (χ4n) is 1.96. The first-order valence-corrected chi connectivity index (χ1v) is 4.94. The fraction of sp³-hybridized carbons (Fsp3) is 0.889. The summed E-state index contributed by atoms with van der Waals surface area (Å²) in [6, 6.07) is 0.0912. The molecule has 1 rings (SSSR count). The topological polar surface area (TPSA) is 72.4 Å². The van der Waals surface area contributed by atoms with E-state index in [1.54, 1.807) is 0 Å². The van der Waals surface area contributed by atoms with Crippen LogP contribution in [-0.2, 0) is 4.79 Å². The Bertz CT molecular complexity index is 184. The van der Waals surface area contributed by atoms with Crippen LogP contribution in [0.15, 0.2) is 0 Å². The molecule has 76 valence electrons. The molecule has 0 aliphatic carbocycles. The highest BCUT2D eigenvalue weighted by molar-refractivity contribution is 5.79. The summed E-state index contributed by atoms with van der Waals surface area (Å²) in [5.41, 5.74) is 11.1. The molecule has 1 heterocycles. The lowest BCUT2D eigenvalue weighted by Gasteiger charge is -2.35. The first-order valence-electron chi connectivity index (χ1n) is 4.94. The quantitative estimate of drug-likeness (QED) is 0.632. The first kappa shape index (κ1) is 10.5. The number of hydrogen-bond donors (Lipinski definition) is 2. The molecule has 4 heteroatoms. The second kappa shape index (κ2) is 4.58. The number of carbonyl (C=O) groups is 1. The molecule has 1 aliphatic heterocycles. The van der Waals surface area contributed by atoms with E-state index in [1.165, 1.54) is 0 Å². The summed E-state index contributed by atoms with van der Waals surface area (Å²) in [6.45, 7) is 3.74. The van der Waals surface area contributed by atoms with Crippen molar-refractivity contribution >= 4 is 5.91 Å². The monoisotopic (exact) mass is 185 g/mol. The first-order chi connectivity index (χ1) is 6.15. The Morgan fingerprint density at radius 1 is 1.69 bits per heavy atom. The number of rotatable bonds is 3. The van der Waals surface area contributed by atoms with Crippen molar-refractivity contribution in [1.82, 2.24) is 4.90 Å². The van der Waals surface area contributed by atoms with Crippen LogP contribution in [0.3, 0.4) is 0 Å². The summed E-state index contributed by atoms with van der Waals surface area (Å²) >= 11 is 0. The Balaban J connectivity index is 2.52. The molecule has 4 nitrogen and oxygen atoms in total. The highest BCUT2D eigenvalue weighted by atomic mass is 16.1. The van der Waals surface area contributed by atoms with Gasteiger partial charge >= 0.3 is 0 Å². The summed E-state index contributed by atoms with van der Waals surface area (Å²) < 4.78 is 0. The van der Waals surface area contributed by atoms with Crippen molar-refractivity contribution in [2.75, 3.05) is 13.1 Å². The van der Waals surface area contributed by atoms with Crippen LogP contribution in [-0.4, -0.2) is 36.0 Å². The van der Waals surface area contributed by atoms with Crippen LogP contribution in [0, 0.1) is 0 Å². The van der Waals surface area contributed by atoms with Gasteiger partial charge in [0.25, 0.3) is 0 Å². The van der Waals surface area contributed by atoms with Crippen LogP contribution >= 0.6 is 0 Å². The zero-order chi connectivity index (χ0) is 9.84. The fourth-order valence-corrected chi connectivity index (χ4v) is 1.96. The minimum absolute atomic E-state index is 0.119. The molecule has 0 saturated carbocycles. The van der Waals surface area contributed by atoms with Gasteiger partial charge in [0.15, 0.2) is 0 Å². The third kappa shape index (κ3) is 2.67. The average Bonchev–Trinajstić information content (AvgIpc) is 2.04. The predicted molar refractivity (Wildman–Crippen MR) is 52.1 cm³/mol. The molecule has 0 bridgehead atoms. The van der Waals surface area contributed by atoms with Crippen LogP contribution in [0.25, 0.3) is 0 Å². The van der Waals surface area contributed by atoms with Crippen LogP contribution in [0.2, 0.25) is 0 Å². The van der Waals surface area contributed by atoms with E-state index >= 15 is 0 Å². The van der Waals surface area contributed by atoms with Crippen LogP contribution in [0.5, 0.6) is 0 Å². The Morgan fingerprint density at radius 2 is 2.38 bits per heavy atom. The van der Waals surface area contributed by atoms with Gasteiger partial charge in [0.1, 0.15) is 0 Å². The number of likely N-dealkylation sites (tertiary alicyclic amines) is 1. The van der Waals surface area contributed by atoms with Gasteiger partial charge in [-0.2, -0.15) is 0 Å². The molecule has 2 unspecified atom stereocenters. The lowest BCUT2D eigenvalue weighted by Crippen LogP contribution is -2.52. The lowest BCUT2D eigenvalue weighted by molar-refractivity contribution is -0.123. The summed E-state index contributed by atoms with van der Waals surface area (Å²) in [5, 5.41) is 0. The van der Waals surface area contributed by atoms with Crippen molar-refractivity contribution in [3.8, 4) is 0 Å². The smallest absolute Gasteiger partial charge is 0.234 e. The van der Waals surface area contributed by atoms with E-state index in [4.69, 9.17) is 11.5 Å². The summed E-state index contributed by atoms with van der Waals surface area (Å²) in [6.07, 6.45) is 2.92. The minimum atomic E-state index is -0.225. The van der Waals surface area contributed by atoms with E-state index in [9.17, 15) is 4.79 Å². The third-order valence-corrected chi connectivity index (χ3v) is 2.65. The summed E-state index contributed by atoms with van der Waals surface area (Å²) in [5.74, 6) is -0.225. The summed E-state index contributed by atoms with van der Waals surface area (Å²) in [4.78, 5) is 13.2. The van der Waals surface area contributed by atoms with Crippen molar-refractivity contribution in [2.24, 2.45) is 11.5 Å². The number of nitrogens with two attached hydrogens (primary N) is 2. The molecular formula is C9H19N3O. The number of carbonyl (C=O) groups excluding carboxylic acids is 1. The van der Waals surface area contributed by atoms with Crippen LogP contribution in [0.1, 0.15) is 26.2 Å².